The van der Waals surface area contributed by atoms with Crippen molar-refractivity contribution in [2.45, 2.75) is 45.3 Å². The molecule has 2 heterocycles. The summed E-state index contributed by atoms with van der Waals surface area (Å²) in [6.45, 7) is 7.02. The molecular weight excluding hydrogens is 308 g/mol. The second-order valence-corrected chi connectivity index (χ2v) is 6.43. The lowest BCUT2D eigenvalue weighted by molar-refractivity contribution is -0.138. The third kappa shape index (κ3) is 4.96. The van der Waals surface area contributed by atoms with Crippen LogP contribution in [0.5, 0.6) is 0 Å². The van der Waals surface area contributed by atoms with Gasteiger partial charge < -0.3 is 19.9 Å². The first-order valence-electron chi connectivity index (χ1n) is 8.57. The van der Waals surface area contributed by atoms with E-state index in [9.17, 15) is 14.9 Å². The summed E-state index contributed by atoms with van der Waals surface area (Å²) in [5, 5.41) is 12.2. The molecule has 2 aliphatic heterocycles. The highest BCUT2D eigenvalue weighted by atomic mass is 16.5. The van der Waals surface area contributed by atoms with Crippen molar-refractivity contribution in [1.82, 2.24) is 15.1 Å². The van der Waals surface area contributed by atoms with Gasteiger partial charge in [-0.3, -0.25) is 9.59 Å². The minimum atomic E-state index is -0.262. The van der Waals surface area contributed by atoms with E-state index in [1.807, 2.05) is 24.8 Å². The summed E-state index contributed by atoms with van der Waals surface area (Å²) in [7, 11) is 0. The topological polar surface area (TPSA) is 85.7 Å². The number of nitrogens with zero attached hydrogens (tertiary/aromatic N) is 3. The molecule has 0 aromatic carbocycles. The van der Waals surface area contributed by atoms with Gasteiger partial charge in [-0.15, -0.1) is 0 Å². The molecule has 2 saturated heterocycles. The van der Waals surface area contributed by atoms with Crippen molar-refractivity contribution in [2.24, 2.45) is 0 Å². The van der Waals surface area contributed by atoms with Crippen molar-refractivity contribution in [2.75, 3.05) is 32.7 Å². The Morgan fingerprint density at radius 1 is 1.42 bits per heavy atom. The molecule has 0 aliphatic carbocycles. The summed E-state index contributed by atoms with van der Waals surface area (Å²) in [6, 6.07) is 1.97. The highest BCUT2D eigenvalue weighted by molar-refractivity contribution is 5.97. The van der Waals surface area contributed by atoms with Crippen molar-refractivity contribution >= 4 is 11.8 Å². The molecule has 2 amide bonds. The Kier molecular flexibility index (Phi) is 6.62. The van der Waals surface area contributed by atoms with Crippen molar-refractivity contribution in [3.63, 3.8) is 0 Å². The molecule has 0 saturated carbocycles. The molecule has 2 aliphatic rings. The molecule has 132 valence electrons. The molecule has 2 atom stereocenters. The van der Waals surface area contributed by atoms with E-state index in [1.54, 1.807) is 4.90 Å². The minimum Gasteiger partial charge on any atom is -0.390 e. The maximum Gasteiger partial charge on any atom is 0.266 e. The first-order valence-corrected chi connectivity index (χ1v) is 8.57. The Balaban J connectivity index is 1.77. The van der Waals surface area contributed by atoms with Crippen molar-refractivity contribution in [3.8, 4) is 6.07 Å². The lowest BCUT2D eigenvalue weighted by Crippen LogP contribution is -2.48. The summed E-state index contributed by atoms with van der Waals surface area (Å²) in [5.41, 5.74) is 0.105. The molecule has 7 heteroatoms. The van der Waals surface area contributed by atoms with Gasteiger partial charge >= 0.3 is 0 Å². The molecule has 2 fully saturated rings. The van der Waals surface area contributed by atoms with E-state index in [0.29, 0.717) is 32.6 Å². The molecule has 1 N–H and O–H groups in total. The van der Waals surface area contributed by atoms with E-state index < -0.39 is 0 Å². The number of hydrogen-bond acceptors (Lipinski definition) is 5. The SMILES string of the molecule is CC1CN(C(=O)/C(C#N)=C\NCCCN2CCCC2=O)CC(C)O1. The molecule has 0 aromatic rings. The molecule has 24 heavy (non-hydrogen) atoms. The van der Waals surface area contributed by atoms with Crippen LogP contribution in [0.15, 0.2) is 11.8 Å². The zero-order valence-electron chi connectivity index (χ0n) is 14.5. The lowest BCUT2D eigenvalue weighted by atomic mass is 10.2. The number of nitriles is 1. The second-order valence-electron chi connectivity index (χ2n) is 6.43. The van der Waals surface area contributed by atoms with Gasteiger partial charge in [0.2, 0.25) is 5.91 Å². The average Bonchev–Trinajstić information content (AvgIpc) is 2.94. The number of morpholine rings is 1. The van der Waals surface area contributed by atoms with Gasteiger partial charge in [-0.1, -0.05) is 0 Å². The van der Waals surface area contributed by atoms with E-state index in [0.717, 1.165) is 19.4 Å². The zero-order chi connectivity index (χ0) is 17.5. The van der Waals surface area contributed by atoms with Gasteiger partial charge in [-0.05, 0) is 26.7 Å². The van der Waals surface area contributed by atoms with Gasteiger partial charge in [-0.25, -0.2) is 0 Å². The molecular formula is C17H26N4O3. The van der Waals surface area contributed by atoms with Crippen molar-refractivity contribution < 1.29 is 14.3 Å². The Morgan fingerprint density at radius 3 is 2.71 bits per heavy atom. The van der Waals surface area contributed by atoms with Gasteiger partial charge in [0, 0.05) is 45.3 Å². The van der Waals surface area contributed by atoms with Crippen molar-refractivity contribution in [3.05, 3.63) is 11.8 Å². The summed E-state index contributed by atoms with van der Waals surface area (Å²) in [6.07, 6.45) is 3.82. The average molecular weight is 334 g/mol. The summed E-state index contributed by atoms with van der Waals surface area (Å²) >= 11 is 0. The number of hydrogen-bond donors (Lipinski definition) is 1. The minimum absolute atomic E-state index is 0.0244. The van der Waals surface area contributed by atoms with Gasteiger partial charge in [-0.2, -0.15) is 5.26 Å². The molecule has 2 rings (SSSR count). The fourth-order valence-corrected chi connectivity index (χ4v) is 3.14. The quantitative estimate of drug-likeness (QED) is 0.437. The number of amides is 2. The number of nitrogens with one attached hydrogen (secondary N) is 1. The molecule has 0 spiro atoms. The van der Waals surface area contributed by atoms with Crippen LogP contribution in [-0.2, 0) is 14.3 Å². The number of rotatable bonds is 6. The molecule has 2 unspecified atom stereocenters. The van der Waals surface area contributed by atoms with Crippen LogP contribution in [0.25, 0.3) is 0 Å². The number of likely N-dealkylation sites (tertiary alicyclic amines) is 1. The van der Waals surface area contributed by atoms with Crippen LogP contribution in [0, 0.1) is 11.3 Å². The fraction of sp³-hybridized carbons (Fsp3) is 0.706. The molecule has 7 nitrogen and oxygen atoms in total. The zero-order valence-corrected chi connectivity index (χ0v) is 14.5. The maximum absolute atomic E-state index is 12.4. The van der Waals surface area contributed by atoms with Crippen LogP contribution in [0.2, 0.25) is 0 Å². The van der Waals surface area contributed by atoms with Crippen LogP contribution in [0.4, 0.5) is 0 Å². The first kappa shape index (κ1) is 18.3. The van der Waals surface area contributed by atoms with Crippen LogP contribution < -0.4 is 5.32 Å². The Labute approximate surface area is 143 Å². The largest absolute Gasteiger partial charge is 0.390 e. The number of ether oxygens (including phenoxy) is 1. The third-order valence-corrected chi connectivity index (χ3v) is 4.22. The number of carbonyl (C=O) groups is 2. The monoisotopic (exact) mass is 334 g/mol. The second kappa shape index (κ2) is 8.69. The fourth-order valence-electron chi connectivity index (χ4n) is 3.14. The molecule has 0 aromatic heterocycles. The van der Waals surface area contributed by atoms with Crippen molar-refractivity contribution in [1.29, 1.82) is 5.26 Å². The maximum atomic E-state index is 12.4. The lowest BCUT2D eigenvalue weighted by Gasteiger charge is -2.35. The molecule has 0 radical (unpaired) electrons. The Hall–Kier alpha value is -2.07. The Morgan fingerprint density at radius 2 is 2.12 bits per heavy atom. The van der Waals surface area contributed by atoms with E-state index in [2.05, 4.69) is 5.32 Å². The van der Waals surface area contributed by atoms with Crippen LogP contribution in [0.3, 0.4) is 0 Å². The van der Waals surface area contributed by atoms with Gasteiger partial charge in [0.05, 0.1) is 12.2 Å². The van der Waals surface area contributed by atoms with Gasteiger partial charge in [0.15, 0.2) is 0 Å². The number of carbonyl (C=O) groups excluding carboxylic acids is 2. The van der Waals surface area contributed by atoms with E-state index in [4.69, 9.17) is 4.74 Å². The molecule has 0 bridgehead atoms. The van der Waals surface area contributed by atoms with Gasteiger partial charge in [0.25, 0.3) is 5.91 Å². The van der Waals surface area contributed by atoms with Crippen LogP contribution in [-0.4, -0.2) is 66.5 Å². The standard InChI is InChI=1S/C17H26N4O3/c1-13-11-21(12-14(2)24-13)17(23)15(9-18)10-19-6-4-8-20-7-3-5-16(20)22/h10,13-14,19H,3-8,11-12H2,1-2H3/b15-10-. The van der Waals surface area contributed by atoms with E-state index >= 15 is 0 Å². The smallest absolute Gasteiger partial charge is 0.266 e. The van der Waals surface area contributed by atoms with E-state index in [1.165, 1.54) is 6.20 Å². The highest BCUT2D eigenvalue weighted by Crippen LogP contribution is 2.13. The first-order chi connectivity index (χ1) is 11.5. The van der Waals surface area contributed by atoms with Crippen LogP contribution in [0.1, 0.15) is 33.1 Å². The summed E-state index contributed by atoms with van der Waals surface area (Å²) in [4.78, 5) is 27.4. The van der Waals surface area contributed by atoms with Crippen LogP contribution >= 0.6 is 0 Å². The Bertz CT molecular complexity index is 530. The predicted octanol–water partition coefficient (Wildman–Crippen LogP) is 0.632. The van der Waals surface area contributed by atoms with Gasteiger partial charge in [0.1, 0.15) is 11.6 Å². The normalized spacial score (nSPS) is 24.9. The van der Waals surface area contributed by atoms with E-state index in [-0.39, 0.29) is 29.6 Å². The summed E-state index contributed by atoms with van der Waals surface area (Å²) in [5.74, 6) is -0.0456. The highest BCUT2D eigenvalue weighted by Gasteiger charge is 2.27. The predicted molar refractivity (Wildman–Crippen MR) is 88.7 cm³/mol. The third-order valence-electron chi connectivity index (χ3n) is 4.22. The summed E-state index contributed by atoms with van der Waals surface area (Å²) < 4.78 is 5.61.